The lowest BCUT2D eigenvalue weighted by atomic mass is 9.97. The van der Waals surface area contributed by atoms with Gasteiger partial charge in [-0.2, -0.15) is 0 Å². The number of rotatable bonds is 2. The van der Waals surface area contributed by atoms with Crippen molar-refractivity contribution in [3.8, 4) is 0 Å². The van der Waals surface area contributed by atoms with Crippen LogP contribution in [0.15, 0.2) is 0 Å². The fraction of sp³-hybridized carbons (Fsp3) is 1.00. The second kappa shape index (κ2) is 4.30. The summed E-state index contributed by atoms with van der Waals surface area (Å²) in [4.78, 5) is 0. The average molecular weight is 185 g/mol. The second-order valence-electron chi connectivity index (χ2n) is 2.48. The number of hydrogen-bond acceptors (Lipinski definition) is 2. The number of halogens is 1. The summed E-state index contributed by atoms with van der Waals surface area (Å²) in [6.07, 6.45) is 0. The summed E-state index contributed by atoms with van der Waals surface area (Å²) in [5.41, 5.74) is -0.306. The zero-order valence-corrected chi connectivity index (χ0v) is 6.93. The molecule has 0 saturated carbocycles. The van der Waals surface area contributed by atoms with E-state index in [0.29, 0.717) is 0 Å². The van der Waals surface area contributed by atoms with Crippen molar-refractivity contribution in [2.45, 2.75) is 13.8 Å². The lowest BCUT2D eigenvalue weighted by Gasteiger charge is -2.16. The molecular formula is C5H13BrO2. The molecule has 0 atom stereocenters. The molecule has 0 radical (unpaired) electrons. The van der Waals surface area contributed by atoms with Crippen LogP contribution < -0.4 is 0 Å². The van der Waals surface area contributed by atoms with Crippen molar-refractivity contribution in [3.05, 3.63) is 0 Å². The number of hydrogen-bond donors (Lipinski definition) is 2. The summed E-state index contributed by atoms with van der Waals surface area (Å²) in [5, 5.41) is 16.9. The Labute approximate surface area is 60.3 Å². The maximum absolute atomic E-state index is 8.43. The first-order valence-corrected chi connectivity index (χ1v) is 2.34. The maximum Gasteiger partial charge on any atom is 0.0504 e. The summed E-state index contributed by atoms with van der Waals surface area (Å²) in [7, 11) is 0. The first kappa shape index (κ1) is 11.2. The molecule has 0 aromatic heterocycles. The smallest absolute Gasteiger partial charge is 0.0504 e. The monoisotopic (exact) mass is 184 g/mol. The van der Waals surface area contributed by atoms with Crippen molar-refractivity contribution in [1.29, 1.82) is 0 Å². The second-order valence-corrected chi connectivity index (χ2v) is 2.48. The minimum absolute atomic E-state index is 0. The summed E-state index contributed by atoms with van der Waals surface area (Å²) in [5.74, 6) is 0. The van der Waals surface area contributed by atoms with Crippen molar-refractivity contribution in [3.63, 3.8) is 0 Å². The van der Waals surface area contributed by atoms with E-state index in [1.54, 1.807) is 13.8 Å². The third kappa shape index (κ3) is 4.56. The predicted molar refractivity (Wildman–Crippen MR) is 38.3 cm³/mol. The standard InChI is InChI=1S/C5H12O2.BrH/c1-5(2,3-6)4-7;/h6-7H,3-4H2,1-2H3;1H. The Morgan fingerprint density at radius 3 is 1.38 bits per heavy atom. The van der Waals surface area contributed by atoms with Gasteiger partial charge >= 0.3 is 0 Å². The normalized spacial score (nSPS) is 10.5. The van der Waals surface area contributed by atoms with Crippen LogP contribution >= 0.6 is 17.0 Å². The summed E-state index contributed by atoms with van der Waals surface area (Å²) >= 11 is 0. The van der Waals surface area contributed by atoms with E-state index in [1.807, 2.05) is 0 Å². The van der Waals surface area contributed by atoms with Crippen LogP contribution in [0.2, 0.25) is 0 Å². The van der Waals surface area contributed by atoms with Gasteiger partial charge in [-0.3, -0.25) is 0 Å². The molecular weight excluding hydrogens is 172 g/mol. The summed E-state index contributed by atoms with van der Waals surface area (Å²) in [6.45, 7) is 3.69. The van der Waals surface area contributed by atoms with Crippen LogP contribution in [0.4, 0.5) is 0 Å². The zero-order chi connectivity index (χ0) is 5.91. The molecule has 0 fully saturated rings. The third-order valence-corrected chi connectivity index (χ3v) is 0.856. The average Bonchev–Trinajstić information content (AvgIpc) is 1.68. The number of aliphatic hydroxyl groups is 2. The van der Waals surface area contributed by atoms with E-state index < -0.39 is 0 Å². The van der Waals surface area contributed by atoms with Crippen molar-refractivity contribution in [2.24, 2.45) is 5.41 Å². The van der Waals surface area contributed by atoms with E-state index in [-0.39, 0.29) is 35.6 Å². The highest BCUT2D eigenvalue weighted by atomic mass is 79.9. The van der Waals surface area contributed by atoms with Gasteiger partial charge in [0.15, 0.2) is 0 Å². The minimum Gasteiger partial charge on any atom is -0.396 e. The lowest BCUT2D eigenvalue weighted by molar-refractivity contribution is 0.0857. The molecule has 3 heteroatoms. The molecule has 0 aliphatic rings. The number of aliphatic hydroxyl groups excluding tert-OH is 2. The first-order chi connectivity index (χ1) is 3.12. The fourth-order valence-electron chi connectivity index (χ4n) is 0.0500. The lowest BCUT2D eigenvalue weighted by Crippen LogP contribution is -2.20. The fourth-order valence-corrected chi connectivity index (χ4v) is 0.0500. The van der Waals surface area contributed by atoms with Crippen LogP contribution in [0.25, 0.3) is 0 Å². The summed E-state index contributed by atoms with van der Waals surface area (Å²) < 4.78 is 0. The zero-order valence-electron chi connectivity index (χ0n) is 5.22. The van der Waals surface area contributed by atoms with Crippen molar-refractivity contribution < 1.29 is 10.2 Å². The Hall–Kier alpha value is 0.400. The van der Waals surface area contributed by atoms with Crippen LogP contribution in [-0.2, 0) is 0 Å². The molecule has 0 aromatic carbocycles. The van der Waals surface area contributed by atoms with E-state index in [1.165, 1.54) is 0 Å². The van der Waals surface area contributed by atoms with E-state index in [0.717, 1.165) is 0 Å². The van der Waals surface area contributed by atoms with Gasteiger partial charge in [-0.15, -0.1) is 17.0 Å². The molecule has 52 valence electrons. The van der Waals surface area contributed by atoms with Gasteiger partial charge in [0.05, 0.1) is 13.2 Å². The Morgan fingerprint density at radius 1 is 1.12 bits per heavy atom. The van der Waals surface area contributed by atoms with Crippen LogP contribution in [0.5, 0.6) is 0 Å². The topological polar surface area (TPSA) is 40.5 Å². The molecule has 8 heavy (non-hydrogen) atoms. The Bertz CT molecular complexity index is 48.4. The molecule has 2 nitrogen and oxygen atoms in total. The highest BCUT2D eigenvalue weighted by Gasteiger charge is 2.13. The van der Waals surface area contributed by atoms with E-state index >= 15 is 0 Å². The van der Waals surface area contributed by atoms with Gasteiger partial charge in [0.2, 0.25) is 0 Å². The molecule has 0 aliphatic heterocycles. The minimum atomic E-state index is -0.306. The highest BCUT2D eigenvalue weighted by molar-refractivity contribution is 8.93. The van der Waals surface area contributed by atoms with Gasteiger partial charge in [-0.1, -0.05) is 13.8 Å². The van der Waals surface area contributed by atoms with Crippen LogP contribution in [-0.4, -0.2) is 23.4 Å². The SMILES string of the molecule is Br.CC(C)(CO)CO. The largest absolute Gasteiger partial charge is 0.396 e. The van der Waals surface area contributed by atoms with Gasteiger partial charge < -0.3 is 10.2 Å². The van der Waals surface area contributed by atoms with Gasteiger partial charge in [-0.25, -0.2) is 0 Å². The molecule has 0 amide bonds. The first-order valence-electron chi connectivity index (χ1n) is 2.34. The van der Waals surface area contributed by atoms with Crippen LogP contribution in [0, 0.1) is 5.41 Å². The summed E-state index contributed by atoms with van der Waals surface area (Å²) in [6, 6.07) is 0. The Kier molecular flexibility index (Phi) is 6.03. The van der Waals surface area contributed by atoms with Gasteiger partial charge in [0.25, 0.3) is 0 Å². The van der Waals surface area contributed by atoms with Crippen molar-refractivity contribution in [2.75, 3.05) is 13.2 Å². The Morgan fingerprint density at radius 2 is 1.38 bits per heavy atom. The van der Waals surface area contributed by atoms with Gasteiger partial charge in [0, 0.05) is 5.41 Å². The van der Waals surface area contributed by atoms with Gasteiger partial charge in [-0.05, 0) is 0 Å². The predicted octanol–water partition coefficient (Wildman–Crippen LogP) is 0.575. The van der Waals surface area contributed by atoms with E-state index in [4.69, 9.17) is 10.2 Å². The molecule has 0 aliphatic carbocycles. The van der Waals surface area contributed by atoms with Gasteiger partial charge in [0.1, 0.15) is 0 Å². The highest BCUT2D eigenvalue weighted by Crippen LogP contribution is 2.10. The Balaban J connectivity index is 0. The molecule has 0 spiro atoms. The van der Waals surface area contributed by atoms with Crippen molar-refractivity contribution >= 4 is 17.0 Å². The molecule has 0 heterocycles. The van der Waals surface area contributed by atoms with E-state index in [2.05, 4.69) is 0 Å². The maximum atomic E-state index is 8.43. The molecule has 0 saturated heterocycles. The van der Waals surface area contributed by atoms with Crippen LogP contribution in [0.1, 0.15) is 13.8 Å². The molecule has 0 unspecified atom stereocenters. The van der Waals surface area contributed by atoms with Crippen LogP contribution in [0.3, 0.4) is 0 Å². The van der Waals surface area contributed by atoms with E-state index in [9.17, 15) is 0 Å². The molecule has 0 aromatic rings. The molecule has 2 N–H and O–H groups in total. The van der Waals surface area contributed by atoms with Crippen molar-refractivity contribution in [1.82, 2.24) is 0 Å². The quantitative estimate of drug-likeness (QED) is 0.660. The third-order valence-electron chi connectivity index (χ3n) is 0.856. The molecule has 0 rings (SSSR count). The molecule has 0 bridgehead atoms.